The van der Waals surface area contributed by atoms with E-state index in [-0.39, 0.29) is 5.83 Å². The first-order valence-electron chi connectivity index (χ1n) is 10.7. The van der Waals surface area contributed by atoms with Crippen molar-refractivity contribution in [3.63, 3.8) is 0 Å². The first-order valence-corrected chi connectivity index (χ1v) is 10.7. The third-order valence-electron chi connectivity index (χ3n) is 6.04. The fraction of sp³-hybridized carbons (Fsp3) is 0.462. The number of benzene rings is 2. The van der Waals surface area contributed by atoms with E-state index in [1.807, 2.05) is 12.1 Å². The van der Waals surface area contributed by atoms with Crippen molar-refractivity contribution in [1.29, 1.82) is 0 Å². The fourth-order valence-corrected chi connectivity index (χ4v) is 4.45. The molecule has 2 aromatic rings. The van der Waals surface area contributed by atoms with E-state index in [4.69, 9.17) is 0 Å². The molecule has 0 N–H and O–H groups in total. The van der Waals surface area contributed by atoms with Crippen LogP contribution in [0.4, 0.5) is 4.39 Å². The van der Waals surface area contributed by atoms with Crippen LogP contribution >= 0.6 is 0 Å². The van der Waals surface area contributed by atoms with Crippen LogP contribution in [0.15, 0.2) is 54.4 Å². The summed E-state index contributed by atoms with van der Waals surface area (Å²) < 4.78 is 12.9. The summed E-state index contributed by atoms with van der Waals surface area (Å²) in [4.78, 5) is 0. The summed E-state index contributed by atoms with van der Waals surface area (Å²) in [6.07, 6.45) is 11.9. The zero-order valence-electron chi connectivity index (χ0n) is 16.9. The van der Waals surface area contributed by atoms with Crippen LogP contribution in [0.5, 0.6) is 0 Å². The van der Waals surface area contributed by atoms with Gasteiger partial charge in [0.05, 0.1) is 5.83 Å². The van der Waals surface area contributed by atoms with Gasteiger partial charge in [-0.05, 0) is 85.6 Å². The van der Waals surface area contributed by atoms with Gasteiger partial charge in [0.1, 0.15) is 0 Å². The second kappa shape index (κ2) is 9.88. The van der Waals surface area contributed by atoms with Crippen molar-refractivity contribution in [3.05, 3.63) is 76.6 Å². The van der Waals surface area contributed by atoms with Gasteiger partial charge in [-0.3, -0.25) is 0 Å². The Kier molecular flexibility index (Phi) is 7.26. The van der Waals surface area contributed by atoms with Gasteiger partial charge in [0.25, 0.3) is 0 Å². The number of aryl methyl sites for hydroxylation is 2. The molecule has 0 bridgehead atoms. The van der Waals surface area contributed by atoms with E-state index in [1.165, 1.54) is 62.1 Å². The zero-order valence-corrected chi connectivity index (χ0v) is 16.9. The quantitative estimate of drug-likeness (QED) is 0.469. The predicted molar refractivity (Wildman–Crippen MR) is 115 cm³/mol. The molecule has 0 heterocycles. The van der Waals surface area contributed by atoms with Gasteiger partial charge in [0.15, 0.2) is 0 Å². The molecule has 0 aromatic heterocycles. The molecule has 1 saturated carbocycles. The van der Waals surface area contributed by atoms with Crippen molar-refractivity contribution in [3.8, 4) is 0 Å². The monoisotopic (exact) mass is 364 g/mol. The Bertz CT molecular complexity index is 712. The van der Waals surface area contributed by atoms with Gasteiger partial charge >= 0.3 is 0 Å². The summed E-state index contributed by atoms with van der Waals surface area (Å²) in [6.45, 7) is 3.79. The lowest BCUT2D eigenvalue weighted by Crippen LogP contribution is -2.13. The molecular weight excluding hydrogens is 331 g/mol. The lowest BCUT2D eigenvalue weighted by molar-refractivity contribution is 0.308. The maximum atomic E-state index is 12.9. The molecule has 3 rings (SSSR count). The number of allylic oxidation sites excluding steroid dienone is 1. The number of hydrogen-bond acceptors (Lipinski definition) is 0. The topological polar surface area (TPSA) is 0 Å². The molecule has 0 nitrogen and oxygen atoms in total. The fourth-order valence-electron chi connectivity index (χ4n) is 4.45. The van der Waals surface area contributed by atoms with Crippen LogP contribution < -0.4 is 0 Å². The second-order valence-electron chi connectivity index (χ2n) is 8.22. The molecule has 0 saturated heterocycles. The molecule has 0 unspecified atom stereocenters. The summed E-state index contributed by atoms with van der Waals surface area (Å²) in [6, 6.07) is 17.6. The van der Waals surface area contributed by atoms with Gasteiger partial charge in [0, 0.05) is 0 Å². The SMILES string of the molecule is CCCC1CCC(c2ccc(CCc3ccc(C=C(C)F)cc3)cc2)CC1. The molecule has 1 aliphatic carbocycles. The van der Waals surface area contributed by atoms with Crippen molar-refractivity contribution in [1.82, 2.24) is 0 Å². The Morgan fingerprint density at radius 3 is 1.96 bits per heavy atom. The van der Waals surface area contributed by atoms with Crippen LogP contribution in [0.3, 0.4) is 0 Å². The van der Waals surface area contributed by atoms with Crippen LogP contribution in [-0.4, -0.2) is 0 Å². The number of halogens is 1. The van der Waals surface area contributed by atoms with Crippen LogP contribution in [0.1, 0.15) is 80.5 Å². The standard InChI is InChI=1S/C26H33F/c1-3-4-21-11-15-25(16-12-21)26-17-13-23(14-18-26)6-5-22-7-9-24(10-8-22)19-20(2)27/h7-10,13-14,17-19,21,25H,3-6,11-12,15-16H2,1-2H3. The highest BCUT2D eigenvalue weighted by Gasteiger charge is 2.21. The average molecular weight is 365 g/mol. The van der Waals surface area contributed by atoms with Crippen molar-refractivity contribution >= 4 is 6.08 Å². The molecule has 0 spiro atoms. The Morgan fingerprint density at radius 2 is 1.44 bits per heavy atom. The third-order valence-corrected chi connectivity index (χ3v) is 6.04. The molecular formula is C26H33F. The summed E-state index contributed by atoms with van der Waals surface area (Å²) in [5.41, 5.74) is 5.17. The minimum Gasteiger partial charge on any atom is -0.212 e. The molecule has 0 radical (unpaired) electrons. The van der Waals surface area contributed by atoms with E-state index in [0.29, 0.717) is 0 Å². The number of rotatable bonds is 7. The van der Waals surface area contributed by atoms with Gasteiger partial charge in [-0.25, -0.2) is 4.39 Å². The first-order chi connectivity index (χ1) is 13.1. The molecule has 1 heteroatoms. The van der Waals surface area contributed by atoms with E-state index in [1.54, 1.807) is 6.08 Å². The van der Waals surface area contributed by atoms with Crippen LogP contribution in [0, 0.1) is 5.92 Å². The van der Waals surface area contributed by atoms with Crippen LogP contribution in [0.2, 0.25) is 0 Å². The third kappa shape index (κ3) is 6.06. The minimum absolute atomic E-state index is 0.151. The second-order valence-corrected chi connectivity index (χ2v) is 8.22. The van der Waals surface area contributed by atoms with Crippen molar-refractivity contribution in [2.45, 2.75) is 71.1 Å². The summed E-state index contributed by atoms with van der Waals surface area (Å²) in [5, 5.41) is 0. The Balaban J connectivity index is 1.50. The van der Waals surface area contributed by atoms with Gasteiger partial charge in [-0.15, -0.1) is 0 Å². The van der Waals surface area contributed by atoms with Crippen molar-refractivity contribution < 1.29 is 4.39 Å². The largest absolute Gasteiger partial charge is 0.212 e. The van der Waals surface area contributed by atoms with E-state index in [9.17, 15) is 4.39 Å². The lowest BCUT2D eigenvalue weighted by Gasteiger charge is -2.28. The normalized spacial score (nSPS) is 20.6. The average Bonchev–Trinajstić information content (AvgIpc) is 2.68. The molecule has 0 aliphatic heterocycles. The summed E-state index contributed by atoms with van der Waals surface area (Å²) in [5.74, 6) is 1.59. The van der Waals surface area contributed by atoms with E-state index in [0.717, 1.165) is 30.2 Å². The van der Waals surface area contributed by atoms with Gasteiger partial charge < -0.3 is 0 Å². The lowest BCUT2D eigenvalue weighted by atomic mass is 9.77. The maximum Gasteiger partial charge on any atom is 0.0974 e. The summed E-state index contributed by atoms with van der Waals surface area (Å²) >= 11 is 0. The Hall–Kier alpha value is -1.89. The van der Waals surface area contributed by atoms with E-state index >= 15 is 0 Å². The van der Waals surface area contributed by atoms with E-state index < -0.39 is 0 Å². The van der Waals surface area contributed by atoms with Gasteiger partial charge in [0.2, 0.25) is 0 Å². The van der Waals surface area contributed by atoms with Crippen LogP contribution in [-0.2, 0) is 12.8 Å². The zero-order chi connectivity index (χ0) is 19.1. The highest BCUT2D eigenvalue weighted by Crippen LogP contribution is 2.37. The molecule has 0 amide bonds. The highest BCUT2D eigenvalue weighted by atomic mass is 19.1. The predicted octanol–water partition coefficient (Wildman–Crippen LogP) is 7.88. The highest BCUT2D eigenvalue weighted by molar-refractivity contribution is 5.51. The van der Waals surface area contributed by atoms with Crippen molar-refractivity contribution in [2.24, 2.45) is 5.92 Å². The maximum absolute atomic E-state index is 12.9. The smallest absolute Gasteiger partial charge is 0.0974 e. The molecule has 2 aromatic carbocycles. The Morgan fingerprint density at radius 1 is 0.889 bits per heavy atom. The van der Waals surface area contributed by atoms with Crippen molar-refractivity contribution in [2.75, 3.05) is 0 Å². The van der Waals surface area contributed by atoms with Crippen LogP contribution in [0.25, 0.3) is 6.08 Å². The molecule has 144 valence electrons. The minimum atomic E-state index is -0.151. The first kappa shape index (κ1) is 19.9. The summed E-state index contributed by atoms with van der Waals surface area (Å²) in [7, 11) is 0. The van der Waals surface area contributed by atoms with Gasteiger partial charge in [-0.1, -0.05) is 68.3 Å². The molecule has 27 heavy (non-hydrogen) atoms. The Labute approximate surface area is 164 Å². The van der Waals surface area contributed by atoms with E-state index in [2.05, 4.69) is 43.3 Å². The molecule has 1 fully saturated rings. The molecule has 1 aliphatic rings. The van der Waals surface area contributed by atoms with Gasteiger partial charge in [-0.2, -0.15) is 0 Å². The number of hydrogen-bond donors (Lipinski definition) is 0. The molecule has 0 atom stereocenters.